The molecular weight excluding hydrogens is 168 g/mol. The summed E-state index contributed by atoms with van der Waals surface area (Å²) < 4.78 is 1.84. The summed E-state index contributed by atoms with van der Waals surface area (Å²) in [5.41, 5.74) is 2.29. The van der Waals surface area contributed by atoms with Gasteiger partial charge in [0.1, 0.15) is 0 Å². The highest BCUT2D eigenvalue weighted by Gasteiger charge is 2.25. The molecule has 0 unspecified atom stereocenters. The molecule has 1 aliphatic rings. The fraction of sp³-hybridized carbons (Fsp3) is 0.556. The van der Waals surface area contributed by atoms with Crippen molar-refractivity contribution in [2.45, 2.75) is 19.3 Å². The van der Waals surface area contributed by atoms with Crippen LogP contribution >= 0.6 is 0 Å². The van der Waals surface area contributed by atoms with Crippen molar-refractivity contribution in [2.75, 3.05) is 0 Å². The summed E-state index contributed by atoms with van der Waals surface area (Å²) in [7, 11) is 1.90. The van der Waals surface area contributed by atoms with Crippen LogP contribution in [0.2, 0.25) is 0 Å². The second-order valence-corrected chi connectivity index (χ2v) is 3.52. The minimum atomic E-state index is -0.686. The van der Waals surface area contributed by atoms with Crippen molar-refractivity contribution in [1.82, 2.24) is 9.78 Å². The van der Waals surface area contributed by atoms with E-state index in [2.05, 4.69) is 5.10 Å². The first-order valence-electron chi connectivity index (χ1n) is 4.41. The molecule has 4 nitrogen and oxygen atoms in total. The van der Waals surface area contributed by atoms with Crippen LogP contribution in [-0.4, -0.2) is 20.9 Å². The van der Waals surface area contributed by atoms with Gasteiger partial charge < -0.3 is 5.11 Å². The maximum absolute atomic E-state index is 10.7. The van der Waals surface area contributed by atoms with E-state index in [1.54, 1.807) is 6.20 Å². The molecule has 2 rings (SSSR count). The number of hydrogen-bond acceptors (Lipinski definition) is 2. The Morgan fingerprint density at radius 2 is 2.54 bits per heavy atom. The molecular formula is C9H12N2O2. The molecule has 0 fully saturated rings. The lowest BCUT2D eigenvalue weighted by Gasteiger charge is -2.18. The molecule has 1 N–H and O–H groups in total. The van der Waals surface area contributed by atoms with E-state index in [0.29, 0.717) is 6.42 Å². The van der Waals surface area contributed by atoms with E-state index in [0.717, 1.165) is 18.4 Å². The van der Waals surface area contributed by atoms with Gasteiger partial charge >= 0.3 is 5.97 Å². The van der Waals surface area contributed by atoms with E-state index in [-0.39, 0.29) is 5.92 Å². The average Bonchev–Trinajstić information content (AvgIpc) is 2.47. The van der Waals surface area contributed by atoms with E-state index in [1.807, 2.05) is 11.7 Å². The smallest absolute Gasteiger partial charge is 0.306 e. The zero-order valence-electron chi connectivity index (χ0n) is 7.53. The molecule has 0 amide bonds. The SMILES string of the molecule is Cn1ncc2c1CC[C@H](C(=O)O)C2. The van der Waals surface area contributed by atoms with Gasteiger partial charge in [-0.1, -0.05) is 0 Å². The van der Waals surface area contributed by atoms with Crippen molar-refractivity contribution in [1.29, 1.82) is 0 Å². The number of aryl methyl sites for hydroxylation is 1. The number of rotatable bonds is 1. The standard InChI is InChI=1S/C9H12N2O2/c1-11-8-3-2-6(9(12)13)4-7(8)5-10-11/h5-6H,2-4H2,1H3,(H,12,13)/t6-/m0/s1. The van der Waals surface area contributed by atoms with Crippen LogP contribution in [-0.2, 0) is 24.7 Å². The van der Waals surface area contributed by atoms with Gasteiger partial charge in [0.2, 0.25) is 0 Å². The van der Waals surface area contributed by atoms with Gasteiger partial charge in [0.05, 0.1) is 12.1 Å². The summed E-state index contributed by atoms with van der Waals surface area (Å²) in [4.78, 5) is 10.7. The summed E-state index contributed by atoms with van der Waals surface area (Å²) >= 11 is 0. The molecule has 1 aliphatic carbocycles. The van der Waals surface area contributed by atoms with Gasteiger partial charge in [0, 0.05) is 12.7 Å². The largest absolute Gasteiger partial charge is 0.481 e. The lowest BCUT2D eigenvalue weighted by atomic mass is 9.88. The van der Waals surface area contributed by atoms with Crippen molar-refractivity contribution in [3.63, 3.8) is 0 Å². The normalized spacial score (nSPS) is 21.2. The summed E-state index contributed by atoms with van der Waals surface area (Å²) in [5, 5.41) is 13.0. The first kappa shape index (κ1) is 8.29. The monoisotopic (exact) mass is 180 g/mol. The second-order valence-electron chi connectivity index (χ2n) is 3.52. The first-order chi connectivity index (χ1) is 6.18. The van der Waals surface area contributed by atoms with Gasteiger partial charge in [-0.15, -0.1) is 0 Å². The minimum absolute atomic E-state index is 0.211. The number of aromatic nitrogens is 2. The van der Waals surface area contributed by atoms with Gasteiger partial charge in [-0.25, -0.2) is 0 Å². The molecule has 0 saturated carbocycles. The van der Waals surface area contributed by atoms with Crippen molar-refractivity contribution in [3.05, 3.63) is 17.5 Å². The molecule has 1 heterocycles. The molecule has 0 spiro atoms. The third-order valence-corrected chi connectivity index (χ3v) is 2.69. The fourth-order valence-corrected chi connectivity index (χ4v) is 1.89. The zero-order chi connectivity index (χ0) is 9.42. The summed E-state index contributed by atoms with van der Waals surface area (Å²) in [6.07, 6.45) is 3.99. The Morgan fingerprint density at radius 3 is 3.23 bits per heavy atom. The molecule has 1 atom stereocenters. The molecule has 0 aromatic carbocycles. The Kier molecular flexibility index (Phi) is 1.83. The number of hydrogen-bond donors (Lipinski definition) is 1. The van der Waals surface area contributed by atoms with Crippen LogP contribution < -0.4 is 0 Å². The zero-order valence-corrected chi connectivity index (χ0v) is 7.53. The summed E-state index contributed by atoms with van der Waals surface area (Å²) in [6.45, 7) is 0. The van der Waals surface area contributed by atoms with Gasteiger partial charge in [-0.2, -0.15) is 5.10 Å². The highest BCUT2D eigenvalue weighted by atomic mass is 16.4. The summed E-state index contributed by atoms with van der Waals surface area (Å²) in [6, 6.07) is 0. The molecule has 0 saturated heterocycles. The Balaban J connectivity index is 2.25. The molecule has 0 aliphatic heterocycles. The van der Waals surface area contributed by atoms with Gasteiger partial charge in [0.25, 0.3) is 0 Å². The topological polar surface area (TPSA) is 55.1 Å². The number of fused-ring (bicyclic) bond motifs is 1. The molecule has 1 aromatic rings. The predicted octanol–water partition coefficient (Wildman–Crippen LogP) is 0.610. The fourth-order valence-electron chi connectivity index (χ4n) is 1.89. The van der Waals surface area contributed by atoms with E-state index in [4.69, 9.17) is 5.11 Å². The Hall–Kier alpha value is -1.32. The van der Waals surface area contributed by atoms with Gasteiger partial charge in [0.15, 0.2) is 0 Å². The van der Waals surface area contributed by atoms with Crippen LogP contribution in [0.3, 0.4) is 0 Å². The third-order valence-electron chi connectivity index (χ3n) is 2.69. The van der Waals surface area contributed by atoms with E-state index >= 15 is 0 Å². The van der Waals surface area contributed by atoms with Gasteiger partial charge in [-0.05, 0) is 24.8 Å². The minimum Gasteiger partial charge on any atom is -0.481 e. The van der Waals surface area contributed by atoms with E-state index in [1.165, 1.54) is 5.69 Å². The molecule has 0 radical (unpaired) electrons. The highest BCUT2D eigenvalue weighted by Crippen LogP contribution is 2.24. The number of nitrogens with zero attached hydrogens (tertiary/aromatic N) is 2. The Labute approximate surface area is 76.2 Å². The summed E-state index contributed by atoms with van der Waals surface area (Å²) in [5.74, 6) is -0.897. The van der Waals surface area contributed by atoms with Crippen LogP contribution in [0.5, 0.6) is 0 Å². The van der Waals surface area contributed by atoms with Gasteiger partial charge in [-0.3, -0.25) is 9.48 Å². The van der Waals surface area contributed by atoms with Crippen LogP contribution in [0.1, 0.15) is 17.7 Å². The van der Waals surface area contributed by atoms with Crippen molar-refractivity contribution < 1.29 is 9.90 Å². The Morgan fingerprint density at radius 1 is 1.77 bits per heavy atom. The maximum atomic E-state index is 10.7. The molecule has 70 valence electrons. The van der Waals surface area contributed by atoms with Crippen molar-refractivity contribution in [3.8, 4) is 0 Å². The van der Waals surface area contributed by atoms with Crippen molar-refractivity contribution >= 4 is 5.97 Å². The van der Waals surface area contributed by atoms with E-state index < -0.39 is 5.97 Å². The van der Waals surface area contributed by atoms with E-state index in [9.17, 15) is 4.79 Å². The highest BCUT2D eigenvalue weighted by molar-refractivity contribution is 5.70. The first-order valence-corrected chi connectivity index (χ1v) is 4.41. The number of carboxylic acids is 1. The van der Waals surface area contributed by atoms with Crippen LogP contribution in [0.4, 0.5) is 0 Å². The average molecular weight is 180 g/mol. The second kappa shape index (κ2) is 2.87. The lowest BCUT2D eigenvalue weighted by Crippen LogP contribution is -2.22. The van der Waals surface area contributed by atoms with Crippen LogP contribution in [0, 0.1) is 5.92 Å². The molecule has 1 aromatic heterocycles. The number of aliphatic carboxylic acids is 1. The molecule has 0 bridgehead atoms. The predicted molar refractivity (Wildman–Crippen MR) is 46.4 cm³/mol. The third kappa shape index (κ3) is 1.32. The maximum Gasteiger partial charge on any atom is 0.306 e. The lowest BCUT2D eigenvalue weighted by molar-refractivity contribution is -0.142. The Bertz CT molecular complexity index is 343. The van der Waals surface area contributed by atoms with Crippen molar-refractivity contribution in [2.24, 2.45) is 13.0 Å². The van der Waals surface area contributed by atoms with Crippen LogP contribution in [0.25, 0.3) is 0 Å². The van der Waals surface area contributed by atoms with Crippen LogP contribution in [0.15, 0.2) is 6.20 Å². The number of carbonyl (C=O) groups is 1. The quantitative estimate of drug-likeness (QED) is 0.688. The number of carboxylic acid groups (broad SMARTS) is 1. The molecule has 4 heteroatoms. The molecule has 13 heavy (non-hydrogen) atoms.